The number of hydrogen-bond acceptors (Lipinski definition) is 2. The Hall–Kier alpha value is -0.760. The lowest BCUT2D eigenvalue weighted by atomic mass is 9.78. The van der Waals surface area contributed by atoms with Crippen LogP contribution in [-0.2, 0) is 6.42 Å². The maximum atomic E-state index is 6.09. The van der Waals surface area contributed by atoms with Crippen LogP contribution in [-0.4, -0.2) is 12.1 Å². The molecular weight excluding hydrogens is 258 g/mol. The van der Waals surface area contributed by atoms with Gasteiger partial charge in [-0.25, -0.2) is 4.98 Å². The van der Waals surface area contributed by atoms with E-state index in [4.69, 9.17) is 16.3 Å². The SMILES string of the molecule is CC.CCCC(C)(CC)Cc1cnc(OC)c(Cl)c1. The van der Waals surface area contributed by atoms with E-state index in [1.807, 2.05) is 26.1 Å². The largest absolute Gasteiger partial charge is 0.480 e. The second kappa shape index (κ2) is 9.19. The Morgan fingerprint density at radius 1 is 1.32 bits per heavy atom. The lowest BCUT2D eigenvalue weighted by Crippen LogP contribution is -2.18. The zero-order valence-electron chi connectivity index (χ0n) is 13.2. The lowest BCUT2D eigenvalue weighted by Gasteiger charge is -2.28. The predicted octanol–water partition coefficient (Wildman–Crippen LogP) is 5.53. The molecule has 1 aromatic rings. The van der Waals surface area contributed by atoms with Crippen molar-refractivity contribution in [1.82, 2.24) is 4.98 Å². The Bertz CT molecular complexity index is 368. The molecule has 0 aliphatic rings. The molecule has 110 valence electrons. The van der Waals surface area contributed by atoms with Crippen molar-refractivity contribution in [3.8, 4) is 5.88 Å². The molecule has 1 atom stereocenters. The molecule has 0 bridgehead atoms. The van der Waals surface area contributed by atoms with Gasteiger partial charge in [0.25, 0.3) is 0 Å². The van der Waals surface area contributed by atoms with E-state index in [1.54, 1.807) is 7.11 Å². The van der Waals surface area contributed by atoms with E-state index in [-0.39, 0.29) is 0 Å². The van der Waals surface area contributed by atoms with Crippen molar-refractivity contribution in [2.45, 2.75) is 60.3 Å². The summed E-state index contributed by atoms with van der Waals surface area (Å²) in [6, 6.07) is 1.97. The molecular formula is C16H28ClNO. The molecule has 0 spiro atoms. The molecule has 0 saturated heterocycles. The minimum atomic E-state index is 0.342. The van der Waals surface area contributed by atoms with Crippen LogP contribution in [0.1, 0.15) is 59.4 Å². The molecule has 0 N–H and O–H groups in total. The first-order chi connectivity index (χ1) is 9.04. The number of hydrogen-bond donors (Lipinski definition) is 0. The zero-order valence-corrected chi connectivity index (χ0v) is 14.0. The van der Waals surface area contributed by atoms with E-state index < -0.39 is 0 Å². The molecule has 0 aromatic carbocycles. The zero-order chi connectivity index (χ0) is 14.9. The van der Waals surface area contributed by atoms with Crippen molar-refractivity contribution in [2.75, 3.05) is 7.11 Å². The summed E-state index contributed by atoms with van der Waals surface area (Å²) < 4.78 is 5.06. The van der Waals surface area contributed by atoms with Crippen LogP contribution in [0.2, 0.25) is 5.02 Å². The van der Waals surface area contributed by atoms with Crippen LogP contribution in [0, 0.1) is 5.41 Å². The second-order valence-corrected chi connectivity index (χ2v) is 5.33. The highest BCUT2D eigenvalue weighted by Crippen LogP contribution is 2.33. The molecule has 1 unspecified atom stereocenters. The Morgan fingerprint density at radius 2 is 1.95 bits per heavy atom. The number of aromatic nitrogens is 1. The van der Waals surface area contributed by atoms with Crippen LogP contribution >= 0.6 is 11.6 Å². The van der Waals surface area contributed by atoms with Crippen LogP contribution in [0.25, 0.3) is 0 Å². The average Bonchev–Trinajstić information content (AvgIpc) is 2.41. The summed E-state index contributed by atoms with van der Waals surface area (Å²) >= 11 is 6.09. The number of ether oxygens (including phenoxy) is 1. The average molecular weight is 286 g/mol. The minimum Gasteiger partial charge on any atom is -0.480 e. The number of pyridine rings is 1. The quantitative estimate of drug-likeness (QED) is 0.686. The van der Waals surface area contributed by atoms with Crippen LogP contribution in [0.15, 0.2) is 12.3 Å². The van der Waals surface area contributed by atoms with E-state index in [0.29, 0.717) is 16.3 Å². The molecule has 0 aliphatic carbocycles. The fourth-order valence-corrected chi connectivity index (χ4v) is 2.46. The fourth-order valence-electron chi connectivity index (χ4n) is 2.20. The van der Waals surface area contributed by atoms with Crippen molar-refractivity contribution in [2.24, 2.45) is 5.41 Å². The number of halogens is 1. The molecule has 0 aliphatic heterocycles. The summed E-state index contributed by atoms with van der Waals surface area (Å²) in [4.78, 5) is 4.22. The molecule has 0 saturated carbocycles. The first-order valence-electron chi connectivity index (χ1n) is 7.23. The van der Waals surface area contributed by atoms with Gasteiger partial charge in [0.15, 0.2) is 0 Å². The van der Waals surface area contributed by atoms with E-state index in [2.05, 4.69) is 25.8 Å². The van der Waals surface area contributed by atoms with Gasteiger partial charge in [-0.15, -0.1) is 0 Å². The van der Waals surface area contributed by atoms with Crippen LogP contribution in [0.4, 0.5) is 0 Å². The van der Waals surface area contributed by atoms with Crippen molar-refractivity contribution >= 4 is 11.6 Å². The van der Waals surface area contributed by atoms with E-state index >= 15 is 0 Å². The Balaban J connectivity index is 0.00000154. The van der Waals surface area contributed by atoms with Gasteiger partial charge in [-0.3, -0.25) is 0 Å². The highest BCUT2D eigenvalue weighted by atomic mass is 35.5. The summed E-state index contributed by atoms with van der Waals surface area (Å²) in [5, 5.41) is 0.597. The highest BCUT2D eigenvalue weighted by Gasteiger charge is 2.22. The fraction of sp³-hybridized carbons (Fsp3) is 0.688. The first-order valence-corrected chi connectivity index (χ1v) is 7.61. The Labute approximate surface area is 123 Å². The van der Waals surface area contributed by atoms with Gasteiger partial charge in [0.05, 0.1) is 7.11 Å². The van der Waals surface area contributed by atoms with Crippen molar-refractivity contribution in [3.05, 3.63) is 22.8 Å². The van der Waals surface area contributed by atoms with Crippen molar-refractivity contribution in [3.63, 3.8) is 0 Å². The van der Waals surface area contributed by atoms with Gasteiger partial charge in [-0.05, 0) is 29.9 Å². The van der Waals surface area contributed by atoms with Crippen molar-refractivity contribution < 1.29 is 4.74 Å². The van der Waals surface area contributed by atoms with Gasteiger partial charge in [0.1, 0.15) is 5.02 Å². The third-order valence-corrected chi connectivity index (χ3v) is 3.67. The maximum Gasteiger partial charge on any atom is 0.232 e. The molecule has 2 nitrogen and oxygen atoms in total. The molecule has 0 radical (unpaired) electrons. The summed E-state index contributed by atoms with van der Waals surface area (Å²) in [5.41, 5.74) is 1.53. The summed E-state index contributed by atoms with van der Waals surface area (Å²) in [5.74, 6) is 0.504. The van der Waals surface area contributed by atoms with Gasteiger partial charge in [0, 0.05) is 6.20 Å². The van der Waals surface area contributed by atoms with Gasteiger partial charge < -0.3 is 4.74 Å². The minimum absolute atomic E-state index is 0.342. The topological polar surface area (TPSA) is 22.1 Å². The Kier molecular flexibility index (Phi) is 8.82. The number of nitrogens with zero attached hydrogens (tertiary/aromatic N) is 1. The van der Waals surface area contributed by atoms with E-state index in [0.717, 1.165) is 6.42 Å². The van der Waals surface area contributed by atoms with E-state index in [1.165, 1.54) is 24.8 Å². The molecule has 0 amide bonds. The lowest BCUT2D eigenvalue weighted by molar-refractivity contribution is 0.279. The Morgan fingerprint density at radius 3 is 2.37 bits per heavy atom. The maximum absolute atomic E-state index is 6.09. The van der Waals surface area contributed by atoms with Gasteiger partial charge in [-0.1, -0.05) is 59.1 Å². The summed E-state index contributed by atoms with van der Waals surface area (Å²) in [7, 11) is 1.58. The first kappa shape index (κ1) is 18.2. The van der Waals surface area contributed by atoms with E-state index in [9.17, 15) is 0 Å². The summed E-state index contributed by atoms with van der Waals surface area (Å²) in [6.07, 6.45) is 6.50. The molecule has 0 fully saturated rings. The highest BCUT2D eigenvalue weighted by molar-refractivity contribution is 6.31. The predicted molar refractivity (Wildman–Crippen MR) is 84.2 cm³/mol. The van der Waals surface area contributed by atoms with Gasteiger partial charge >= 0.3 is 0 Å². The monoisotopic (exact) mass is 285 g/mol. The third-order valence-electron chi connectivity index (χ3n) is 3.40. The van der Waals surface area contributed by atoms with Crippen LogP contribution < -0.4 is 4.74 Å². The molecule has 19 heavy (non-hydrogen) atoms. The van der Waals surface area contributed by atoms with Gasteiger partial charge in [0.2, 0.25) is 5.88 Å². The summed E-state index contributed by atoms with van der Waals surface area (Å²) in [6.45, 7) is 10.8. The van der Waals surface area contributed by atoms with Crippen LogP contribution in [0.5, 0.6) is 5.88 Å². The molecule has 3 heteroatoms. The number of rotatable bonds is 6. The third kappa shape index (κ3) is 5.82. The number of methoxy groups -OCH3 is 1. The molecule has 1 aromatic heterocycles. The standard InChI is InChI=1S/C14H22ClNO.C2H6/c1-5-7-14(3,6-2)9-11-8-12(15)13(17-4)16-10-11;1-2/h8,10H,5-7,9H2,1-4H3;1-2H3. The smallest absolute Gasteiger partial charge is 0.232 e. The van der Waals surface area contributed by atoms with Crippen LogP contribution in [0.3, 0.4) is 0 Å². The van der Waals surface area contributed by atoms with Gasteiger partial charge in [-0.2, -0.15) is 0 Å². The molecule has 1 heterocycles. The van der Waals surface area contributed by atoms with Crippen molar-refractivity contribution in [1.29, 1.82) is 0 Å². The normalized spacial score (nSPS) is 13.2. The second-order valence-electron chi connectivity index (χ2n) is 4.93. The molecule has 1 rings (SSSR count).